The molecule has 0 heterocycles. The van der Waals surface area contributed by atoms with Crippen molar-refractivity contribution in [3.8, 4) is 5.75 Å². The van der Waals surface area contributed by atoms with Gasteiger partial charge in [0, 0.05) is 12.8 Å². The number of ether oxygens (including phenoxy) is 3. The standard InChI is InChI=1S/C11H16BrNO3/c1-14-4-5-15-6-7-16-11-3-2-9(13)8-10(11)12/h2-3,8H,4-7,13H2,1H3. The Balaban J connectivity index is 2.21. The van der Waals surface area contributed by atoms with Gasteiger partial charge in [-0.1, -0.05) is 0 Å². The number of nitrogens with two attached hydrogens (primary N) is 1. The van der Waals surface area contributed by atoms with Gasteiger partial charge in [-0.25, -0.2) is 0 Å². The molecule has 0 aromatic heterocycles. The fourth-order valence-electron chi connectivity index (χ4n) is 1.09. The molecule has 0 spiro atoms. The van der Waals surface area contributed by atoms with Crippen LogP contribution in [0.25, 0.3) is 0 Å². The van der Waals surface area contributed by atoms with Crippen LogP contribution in [0.2, 0.25) is 0 Å². The van der Waals surface area contributed by atoms with E-state index in [0.29, 0.717) is 32.1 Å². The molecule has 0 fully saturated rings. The lowest BCUT2D eigenvalue weighted by Gasteiger charge is -2.09. The van der Waals surface area contributed by atoms with E-state index in [1.54, 1.807) is 19.2 Å². The molecule has 1 rings (SSSR count). The highest BCUT2D eigenvalue weighted by Crippen LogP contribution is 2.26. The molecule has 0 bridgehead atoms. The summed E-state index contributed by atoms with van der Waals surface area (Å²) in [6, 6.07) is 5.43. The highest BCUT2D eigenvalue weighted by Gasteiger charge is 2.00. The molecule has 0 aliphatic heterocycles. The summed E-state index contributed by atoms with van der Waals surface area (Å²) in [5.41, 5.74) is 6.32. The second kappa shape index (κ2) is 7.49. The Hall–Kier alpha value is -0.780. The van der Waals surface area contributed by atoms with E-state index in [-0.39, 0.29) is 0 Å². The summed E-state index contributed by atoms with van der Waals surface area (Å²) < 4.78 is 16.5. The Morgan fingerprint density at radius 3 is 2.62 bits per heavy atom. The number of halogens is 1. The van der Waals surface area contributed by atoms with Crippen LogP contribution in [-0.4, -0.2) is 33.5 Å². The zero-order valence-corrected chi connectivity index (χ0v) is 10.8. The molecule has 0 aliphatic rings. The van der Waals surface area contributed by atoms with E-state index in [0.717, 1.165) is 10.2 Å². The topological polar surface area (TPSA) is 53.7 Å². The average Bonchev–Trinajstić information content (AvgIpc) is 2.26. The molecule has 0 saturated carbocycles. The van der Waals surface area contributed by atoms with Gasteiger partial charge in [0.1, 0.15) is 12.4 Å². The van der Waals surface area contributed by atoms with Crippen molar-refractivity contribution in [2.24, 2.45) is 0 Å². The van der Waals surface area contributed by atoms with E-state index >= 15 is 0 Å². The third-order valence-electron chi connectivity index (χ3n) is 1.87. The van der Waals surface area contributed by atoms with Gasteiger partial charge >= 0.3 is 0 Å². The first-order chi connectivity index (χ1) is 7.74. The fourth-order valence-corrected chi connectivity index (χ4v) is 1.60. The summed E-state index contributed by atoms with van der Waals surface area (Å²) >= 11 is 3.38. The number of anilines is 1. The van der Waals surface area contributed by atoms with Crippen LogP contribution in [0.5, 0.6) is 5.75 Å². The molecule has 0 unspecified atom stereocenters. The second-order valence-electron chi connectivity index (χ2n) is 3.14. The highest BCUT2D eigenvalue weighted by atomic mass is 79.9. The van der Waals surface area contributed by atoms with E-state index in [1.165, 1.54) is 0 Å². The van der Waals surface area contributed by atoms with Gasteiger partial charge in [0.15, 0.2) is 0 Å². The Labute approximate surface area is 104 Å². The van der Waals surface area contributed by atoms with E-state index in [2.05, 4.69) is 15.9 Å². The SMILES string of the molecule is COCCOCCOc1ccc(N)cc1Br. The van der Waals surface area contributed by atoms with E-state index in [9.17, 15) is 0 Å². The van der Waals surface area contributed by atoms with Crippen LogP contribution in [0.4, 0.5) is 5.69 Å². The average molecular weight is 290 g/mol. The van der Waals surface area contributed by atoms with Gasteiger partial charge in [0.2, 0.25) is 0 Å². The maximum Gasteiger partial charge on any atom is 0.133 e. The molecule has 4 nitrogen and oxygen atoms in total. The van der Waals surface area contributed by atoms with Gasteiger partial charge in [-0.2, -0.15) is 0 Å². The number of rotatable bonds is 7. The molecule has 0 atom stereocenters. The van der Waals surface area contributed by atoms with E-state index < -0.39 is 0 Å². The molecule has 1 aromatic rings. The van der Waals surface area contributed by atoms with Crippen LogP contribution in [0.15, 0.2) is 22.7 Å². The van der Waals surface area contributed by atoms with Gasteiger partial charge in [0.25, 0.3) is 0 Å². The van der Waals surface area contributed by atoms with E-state index in [1.807, 2.05) is 6.07 Å². The Kier molecular flexibility index (Phi) is 6.22. The predicted octanol–water partition coefficient (Wildman–Crippen LogP) is 2.07. The lowest BCUT2D eigenvalue weighted by Crippen LogP contribution is -2.10. The number of methoxy groups -OCH3 is 1. The van der Waals surface area contributed by atoms with Crippen LogP contribution in [0.1, 0.15) is 0 Å². The van der Waals surface area contributed by atoms with Crippen LogP contribution in [-0.2, 0) is 9.47 Å². The van der Waals surface area contributed by atoms with Crippen molar-refractivity contribution in [3.05, 3.63) is 22.7 Å². The normalized spacial score (nSPS) is 10.4. The first-order valence-electron chi connectivity index (χ1n) is 4.98. The molecule has 0 radical (unpaired) electrons. The second-order valence-corrected chi connectivity index (χ2v) is 4.00. The van der Waals surface area contributed by atoms with Crippen molar-refractivity contribution >= 4 is 21.6 Å². The summed E-state index contributed by atoms with van der Waals surface area (Å²) in [4.78, 5) is 0. The van der Waals surface area contributed by atoms with Gasteiger partial charge in [-0.3, -0.25) is 0 Å². The molecular weight excluding hydrogens is 274 g/mol. The quantitative estimate of drug-likeness (QED) is 0.617. The molecule has 90 valence electrons. The third kappa shape index (κ3) is 4.83. The zero-order valence-electron chi connectivity index (χ0n) is 9.24. The molecule has 16 heavy (non-hydrogen) atoms. The Morgan fingerprint density at radius 2 is 1.94 bits per heavy atom. The molecule has 1 aromatic carbocycles. The summed E-state index contributed by atoms with van der Waals surface area (Å²) in [5.74, 6) is 0.768. The smallest absolute Gasteiger partial charge is 0.133 e. The van der Waals surface area contributed by atoms with Gasteiger partial charge in [0.05, 0.1) is 24.3 Å². The number of benzene rings is 1. The zero-order chi connectivity index (χ0) is 11.8. The minimum Gasteiger partial charge on any atom is -0.490 e. The van der Waals surface area contributed by atoms with E-state index in [4.69, 9.17) is 19.9 Å². The van der Waals surface area contributed by atoms with Crippen molar-refractivity contribution in [2.75, 3.05) is 39.3 Å². The molecule has 0 aliphatic carbocycles. The first-order valence-corrected chi connectivity index (χ1v) is 5.78. The lowest BCUT2D eigenvalue weighted by atomic mass is 10.3. The molecule has 0 saturated heterocycles. The first kappa shape index (κ1) is 13.3. The summed E-state index contributed by atoms with van der Waals surface area (Å²) in [6.45, 7) is 2.24. The van der Waals surface area contributed by atoms with Crippen molar-refractivity contribution < 1.29 is 14.2 Å². The van der Waals surface area contributed by atoms with Gasteiger partial charge in [-0.15, -0.1) is 0 Å². The van der Waals surface area contributed by atoms with Crippen LogP contribution in [0, 0.1) is 0 Å². The summed E-state index contributed by atoms with van der Waals surface area (Å²) in [5, 5.41) is 0. The molecule has 0 amide bonds. The van der Waals surface area contributed by atoms with Crippen molar-refractivity contribution in [3.63, 3.8) is 0 Å². The van der Waals surface area contributed by atoms with Crippen molar-refractivity contribution in [1.82, 2.24) is 0 Å². The summed E-state index contributed by atoms with van der Waals surface area (Å²) in [7, 11) is 1.64. The minimum atomic E-state index is 0.506. The maximum absolute atomic E-state index is 5.61. The molecule has 5 heteroatoms. The van der Waals surface area contributed by atoms with Crippen molar-refractivity contribution in [2.45, 2.75) is 0 Å². The Bertz CT molecular complexity index is 320. The minimum absolute atomic E-state index is 0.506. The van der Waals surface area contributed by atoms with Crippen LogP contribution >= 0.6 is 15.9 Å². The number of hydrogen-bond acceptors (Lipinski definition) is 4. The largest absolute Gasteiger partial charge is 0.490 e. The van der Waals surface area contributed by atoms with Gasteiger partial charge in [-0.05, 0) is 34.1 Å². The monoisotopic (exact) mass is 289 g/mol. The maximum atomic E-state index is 5.61. The lowest BCUT2D eigenvalue weighted by molar-refractivity contribution is 0.0543. The van der Waals surface area contributed by atoms with Crippen molar-refractivity contribution in [1.29, 1.82) is 0 Å². The molecular formula is C11H16BrNO3. The fraction of sp³-hybridized carbons (Fsp3) is 0.455. The number of hydrogen-bond donors (Lipinski definition) is 1. The van der Waals surface area contributed by atoms with Crippen LogP contribution < -0.4 is 10.5 Å². The van der Waals surface area contributed by atoms with Crippen LogP contribution in [0.3, 0.4) is 0 Å². The predicted molar refractivity (Wildman–Crippen MR) is 66.7 cm³/mol. The third-order valence-corrected chi connectivity index (χ3v) is 2.49. The molecule has 2 N–H and O–H groups in total. The highest BCUT2D eigenvalue weighted by molar-refractivity contribution is 9.10. The Morgan fingerprint density at radius 1 is 1.19 bits per heavy atom. The summed E-state index contributed by atoms with van der Waals surface area (Å²) in [6.07, 6.45) is 0. The van der Waals surface area contributed by atoms with Gasteiger partial charge < -0.3 is 19.9 Å². The number of nitrogen functional groups attached to an aromatic ring is 1.